The van der Waals surface area contributed by atoms with Crippen LogP contribution in [0.4, 0.5) is 0 Å². The highest BCUT2D eigenvalue weighted by atomic mass is 32.2. The molecule has 0 spiro atoms. The van der Waals surface area contributed by atoms with Gasteiger partial charge in [0.1, 0.15) is 0 Å². The Balaban J connectivity index is 2.20. The molecule has 0 heterocycles. The molecule has 1 saturated carbocycles. The van der Waals surface area contributed by atoms with Crippen LogP contribution in [-0.2, 0) is 10.8 Å². The molecule has 4 N–H and O–H groups in total. The highest BCUT2D eigenvalue weighted by molar-refractivity contribution is 7.84. The fraction of sp³-hybridized carbons (Fsp3) is 0.875. The first-order chi connectivity index (χ1) is 6.76. The maximum Gasteiger partial charge on any atom is 0.205 e. The van der Waals surface area contributed by atoms with Gasteiger partial charge in [-0.15, -0.1) is 0 Å². The predicted molar refractivity (Wildman–Crippen MR) is 59.3 cm³/mol. The first-order valence-electron chi connectivity index (χ1n) is 4.88. The Morgan fingerprint density at radius 3 is 2.86 bits per heavy atom. The van der Waals surface area contributed by atoms with Crippen molar-refractivity contribution in [3.8, 4) is 0 Å². The minimum absolute atomic E-state index is 0.529. The number of rotatable bonds is 5. The number of guanidine groups is 1. The molecule has 0 aromatic rings. The Morgan fingerprint density at radius 2 is 2.36 bits per heavy atom. The van der Waals surface area contributed by atoms with Gasteiger partial charge in [0.25, 0.3) is 0 Å². The summed E-state index contributed by atoms with van der Waals surface area (Å²) in [5.41, 5.74) is 2.51. The Labute approximate surface area is 87.0 Å². The molecule has 5 nitrogen and oxygen atoms in total. The number of aliphatic imine (C=N–C) groups is 1. The van der Waals surface area contributed by atoms with Crippen LogP contribution < -0.4 is 16.6 Å². The molecule has 1 atom stereocenters. The maximum atomic E-state index is 11.1. The van der Waals surface area contributed by atoms with E-state index in [2.05, 4.69) is 15.7 Å². The summed E-state index contributed by atoms with van der Waals surface area (Å²) in [5.74, 6) is 7.19. The van der Waals surface area contributed by atoms with Crippen LogP contribution >= 0.6 is 0 Å². The van der Waals surface area contributed by atoms with Gasteiger partial charge in [0.2, 0.25) is 5.96 Å². The molecule has 0 bridgehead atoms. The molecule has 82 valence electrons. The first kappa shape index (κ1) is 11.5. The second-order valence-corrected chi connectivity index (χ2v) is 5.09. The summed E-state index contributed by atoms with van der Waals surface area (Å²) in [5, 5.41) is 3.15. The third-order valence-corrected chi connectivity index (χ3v) is 3.25. The molecule has 14 heavy (non-hydrogen) atoms. The van der Waals surface area contributed by atoms with Gasteiger partial charge in [-0.25, -0.2) is 5.84 Å². The molecule has 1 fully saturated rings. The monoisotopic (exact) mass is 218 g/mol. The molecular weight excluding hydrogens is 200 g/mol. The van der Waals surface area contributed by atoms with E-state index >= 15 is 0 Å². The molecule has 1 unspecified atom stereocenters. The van der Waals surface area contributed by atoms with Crippen molar-refractivity contribution in [3.05, 3.63) is 0 Å². The van der Waals surface area contributed by atoms with E-state index in [0.29, 0.717) is 30.1 Å². The predicted octanol–water partition coefficient (Wildman–Crippen LogP) is -0.674. The normalized spacial score (nSPS) is 19.1. The smallest absolute Gasteiger partial charge is 0.205 e. The third-order valence-electron chi connectivity index (χ3n) is 1.97. The van der Waals surface area contributed by atoms with E-state index in [-0.39, 0.29) is 0 Å². The van der Waals surface area contributed by atoms with E-state index in [0.717, 1.165) is 0 Å². The van der Waals surface area contributed by atoms with Gasteiger partial charge in [0.15, 0.2) is 0 Å². The summed E-state index contributed by atoms with van der Waals surface area (Å²) in [6.45, 7) is 2.46. The molecule has 0 amide bonds. The second kappa shape index (κ2) is 5.98. The van der Waals surface area contributed by atoms with E-state index in [1.165, 1.54) is 12.8 Å². The number of nitrogens with zero attached hydrogens (tertiary/aromatic N) is 1. The highest BCUT2D eigenvalue weighted by Gasteiger charge is 2.21. The minimum atomic E-state index is -0.746. The zero-order chi connectivity index (χ0) is 10.4. The molecule has 1 aliphatic rings. The quantitative estimate of drug-likeness (QED) is 0.247. The Kier molecular flexibility index (Phi) is 4.89. The fourth-order valence-corrected chi connectivity index (χ4v) is 1.54. The van der Waals surface area contributed by atoms with Crippen molar-refractivity contribution in [2.75, 3.05) is 18.1 Å². The Hall–Kier alpha value is -0.620. The van der Waals surface area contributed by atoms with Crippen molar-refractivity contribution in [3.63, 3.8) is 0 Å². The number of hydrogen-bond donors (Lipinski definition) is 3. The van der Waals surface area contributed by atoms with Crippen LogP contribution in [0.25, 0.3) is 0 Å². The first-order valence-corrected chi connectivity index (χ1v) is 6.37. The molecule has 1 rings (SSSR count). The molecule has 0 radical (unpaired) electrons. The van der Waals surface area contributed by atoms with Crippen molar-refractivity contribution in [1.82, 2.24) is 10.7 Å². The van der Waals surface area contributed by atoms with E-state index in [1.54, 1.807) is 0 Å². The molecule has 1 aliphatic carbocycles. The van der Waals surface area contributed by atoms with Crippen LogP contribution in [0.3, 0.4) is 0 Å². The molecule has 0 aliphatic heterocycles. The van der Waals surface area contributed by atoms with Crippen molar-refractivity contribution in [2.24, 2.45) is 10.8 Å². The van der Waals surface area contributed by atoms with Crippen molar-refractivity contribution in [1.29, 1.82) is 0 Å². The Morgan fingerprint density at radius 1 is 1.64 bits per heavy atom. The fourth-order valence-electron chi connectivity index (χ4n) is 0.958. The van der Waals surface area contributed by atoms with Crippen LogP contribution in [-0.4, -0.2) is 34.3 Å². The lowest BCUT2D eigenvalue weighted by Gasteiger charge is -2.07. The summed E-state index contributed by atoms with van der Waals surface area (Å²) in [7, 11) is -0.746. The largest absolute Gasteiger partial charge is 0.353 e. The van der Waals surface area contributed by atoms with Crippen LogP contribution in [0.1, 0.15) is 19.8 Å². The highest BCUT2D eigenvalue weighted by Crippen LogP contribution is 2.18. The number of nitrogens with two attached hydrogens (primary N) is 1. The van der Waals surface area contributed by atoms with E-state index in [9.17, 15) is 4.21 Å². The maximum absolute atomic E-state index is 11.1. The Bertz CT molecular complexity index is 227. The standard InChI is InChI=1S/C8H18N4OS/c1-2-14(13)6-5-10-8(12-9)11-7-3-4-7/h7H,2-6,9H2,1H3,(H2,10,11,12). The topological polar surface area (TPSA) is 79.5 Å². The van der Waals surface area contributed by atoms with E-state index < -0.39 is 10.8 Å². The van der Waals surface area contributed by atoms with Crippen LogP contribution in [0, 0.1) is 0 Å². The number of nitrogens with one attached hydrogen (secondary N) is 2. The molecular formula is C8H18N4OS. The number of hydrogen-bond acceptors (Lipinski definition) is 3. The van der Waals surface area contributed by atoms with Gasteiger partial charge in [-0.05, 0) is 12.8 Å². The average Bonchev–Trinajstić information content (AvgIpc) is 2.99. The lowest BCUT2D eigenvalue weighted by Crippen LogP contribution is -2.42. The molecule has 0 aromatic carbocycles. The summed E-state index contributed by atoms with van der Waals surface area (Å²) in [6.07, 6.45) is 2.36. The van der Waals surface area contributed by atoms with Gasteiger partial charge in [-0.2, -0.15) is 0 Å². The van der Waals surface area contributed by atoms with E-state index in [4.69, 9.17) is 5.84 Å². The second-order valence-electron chi connectivity index (χ2n) is 3.23. The van der Waals surface area contributed by atoms with Gasteiger partial charge in [-0.1, -0.05) is 6.92 Å². The molecule has 0 aromatic heterocycles. The third kappa shape index (κ3) is 4.57. The van der Waals surface area contributed by atoms with Crippen molar-refractivity contribution >= 4 is 16.8 Å². The van der Waals surface area contributed by atoms with Gasteiger partial charge < -0.3 is 5.32 Å². The lowest BCUT2D eigenvalue weighted by atomic mass is 10.7. The SMILES string of the molecule is CCS(=O)CCN=C(NN)NC1CC1. The summed E-state index contributed by atoms with van der Waals surface area (Å²) < 4.78 is 11.1. The zero-order valence-corrected chi connectivity index (χ0v) is 9.27. The van der Waals surface area contributed by atoms with Crippen molar-refractivity contribution in [2.45, 2.75) is 25.8 Å². The minimum Gasteiger partial charge on any atom is -0.353 e. The average molecular weight is 218 g/mol. The van der Waals surface area contributed by atoms with Crippen LogP contribution in [0.2, 0.25) is 0 Å². The van der Waals surface area contributed by atoms with Gasteiger partial charge in [0.05, 0.1) is 6.54 Å². The van der Waals surface area contributed by atoms with Crippen molar-refractivity contribution < 1.29 is 4.21 Å². The summed E-state index contributed by atoms with van der Waals surface area (Å²) in [6, 6.07) is 0.529. The van der Waals surface area contributed by atoms with Crippen LogP contribution in [0.15, 0.2) is 4.99 Å². The summed E-state index contributed by atoms with van der Waals surface area (Å²) >= 11 is 0. The van der Waals surface area contributed by atoms with E-state index in [1.807, 2.05) is 6.92 Å². The molecule has 6 heteroatoms. The zero-order valence-electron chi connectivity index (χ0n) is 8.45. The molecule has 0 saturated heterocycles. The van der Waals surface area contributed by atoms with Gasteiger partial charge >= 0.3 is 0 Å². The summed E-state index contributed by atoms with van der Waals surface area (Å²) in [4.78, 5) is 4.19. The number of hydrazine groups is 1. The van der Waals surface area contributed by atoms with Gasteiger partial charge in [0, 0.05) is 28.3 Å². The van der Waals surface area contributed by atoms with Gasteiger partial charge in [-0.3, -0.25) is 14.6 Å². The lowest BCUT2D eigenvalue weighted by molar-refractivity contribution is 0.683. The van der Waals surface area contributed by atoms with Crippen LogP contribution in [0.5, 0.6) is 0 Å².